The smallest absolute Gasteiger partial charge is 0.148 e. The SMILES string of the molecule is BC(Nc1cc(Cl)c2ncc(C#N)c(NCCc3ccccn3)c2c1)(C1=CN(C2CC2)NN1)c1ccc(F)cc1. The number of hydrazine groups is 2. The van der Waals surface area contributed by atoms with Crippen LogP contribution in [0.2, 0.25) is 5.02 Å². The van der Waals surface area contributed by atoms with Gasteiger partial charge in [-0.15, -0.1) is 5.53 Å². The van der Waals surface area contributed by atoms with Crippen LogP contribution in [0, 0.1) is 17.1 Å². The molecule has 1 unspecified atom stereocenters. The molecule has 0 radical (unpaired) electrons. The topological polar surface area (TPSA) is 101 Å². The first-order chi connectivity index (χ1) is 19.4. The lowest BCUT2D eigenvalue weighted by Crippen LogP contribution is -2.45. The molecule has 200 valence electrons. The molecule has 1 aliphatic carbocycles. The molecule has 2 aliphatic rings. The van der Waals surface area contributed by atoms with Crippen molar-refractivity contribution >= 4 is 41.7 Å². The summed E-state index contributed by atoms with van der Waals surface area (Å²) in [6.07, 6.45) is 8.30. The van der Waals surface area contributed by atoms with E-state index in [1.807, 2.05) is 38.2 Å². The zero-order valence-electron chi connectivity index (χ0n) is 21.9. The van der Waals surface area contributed by atoms with E-state index in [2.05, 4.69) is 48.8 Å². The van der Waals surface area contributed by atoms with Gasteiger partial charge in [-0.05, 0) is 54.8 Å². The number of hydrogen-bond donors (Lipinski definition) is 4. The van der Waals surface area contributed by atoms with E-state index < -0.39 is 5.44 Å². The van der Waals surface area contributed by atoms with Crippen LogP contribution in [0.5, 0.6) is 0 Å². The van der Waals surface area contributed by atoms with Gasteiger partial charge in [-0.1, -0.05) is 29.8 Å². The van der Waals surface area contributed by atoms with Gasteiger partial charge in [0.15, 0.2) is 0 Å². The Morgan fingerprint density at radius 3 is 2.73 bits per heavy atom. The highest BCUT2D eigenvalue weighted by Gasteiger charge is 2.38. The zero-order chi connectivity index (χ0) is 27.7. The van der Waals surface area contributed by atoms with Crippen molar-refractivity contribution in [3.63, 3.8) is 0 Å². The molecule has 11 heteroatoms. The van der Waals surface area contributed by atoms with E-state index >= 15 is 0 Å². The third kappa shape index (κ3) is 5.14. The molecule has 3 heterocycles. The van der Waals surface area contributed by atoms with Gasteiger partial charge in [0.05, 0.1) is 32.9 Å². The van der Waals surface area contributed by atoms with E-state index in [1.54, 1.807) is 24.5 Å². The summed E-state index contributed by atoms with van der Waals surface area (Å²) >= 11 is 6.76. The molecule has 2 aromatic carbocycles. The summed E-state index contributed by atoms with van der Waals surface area (Å²) in [7, 11) is 2.03. The molecule has 4 aromatic rings. The van der Waals surface area contributed by atoms with Crippen molar-refractivity contribution in [1.29, 1.82) is 5.26 Å². The van der Waals surface area contributed by atoms with Crippen molar-refractivity contribution in [2.24, 2.45) is 0 Å². The van der Waals surface area contributed by atoms with Crippen molar-refractivity contribution in [1.82, 2.24) is 25.9 Å². The highest BCUT2D eigenvalue weighted by Crippen LogP contribution is 2.38. The first-order valence-electron chi connectivity index (χ1n) is 13.2. The third-order valence-electron chi connectivity index (χ3n) is 7.34. The minimum Gasteiger partial charge on any atom is -0.383 e. The van der Waals surface area contributed by atoms with E-state index in [4.69, 9.17) is 11.6 Å². The summed E-state index contributed by atoms with van der Waals surface area (Å²) in [6.45, 7) is 0.576. The number of nitrogens with zero attached hydrogens (tertiary/aromatic N) is 4. The van der Waals surface area contributed by atoms with Crippen LogP contribution < -0.4 is 21.6 Å². The number of benzene rings is 2. The summed E-state index contributed by atoms with van der Waals surface area (Å²) in [4.78, 5) is 8.86. The van der Waals surface area contributed by atoms with Gasteiger partial charge in [0.2, 0.25) is 0 Å². The number of pyridine rings is 2. The Morgan fingerprint density at radius 1 is 1.18 bits per heavy atom. The van der Waals surface area contributed by atoms with Crippen LogP contribution in [0.1, 0.15) is 29.7 Å². The van der Waals surface area contributed by atoms with Crippen molar-refractivity contribution in [2.75, 3.05) is 17.2 Å². The summed E-state index contributed by atoms with van der Waals surface area (Å²) in [6, 6.07) is 18.7. The first-order valence-corrected chi connectivity index (χ1v) is 13.5. The van der Waals surface area contributed by atoms with Crippen LogP contribution in [0.25, 0.3) is 10.9 Å². The normalized spacial score (nSPS) is 16.1. The zero-order valence-corrected chi connectivity index (χ0v) is 22.6. The second-order valence-corrected chi connectivity index (χ2v) is 10.6. The predicted octanol–water partition coefficient (Wildman–Crippen LogP) is 4.18. The monoisotopic (exact) mass is 552 g/mol. The molecular formula is C29H27BClFN8. The quantitative estimate of drug-likeness (QED) is 0.230. The standard InChI is InChI=1S/C29H27BClFN8/c30-29(19-4-6-20(32)7-5-19,26-17-40(39-38-26)23-8-9-23)37-22-13-24-27(35-12-10-21-3-1-2-11-34-21)18(15-33)16-36-28(24)25(31)14-22/h1-7,11,13-14,16-17,23,37-39H,8-10,12,30H2,(H,35,36). The molecule has 1 atom stereocenters. The Kier molecular flexibility index (Phi) is 6.92. The van der Waals surface area contributed by atoms with Gasteiger partial charge < -0.3 is 16.1 Å². The minimum atomic E-state index is -0.770. The maximum absolute atomic E-state index is 13.9. The molecule has 6 rings (SSSR count). The van der Waals surface area contributed by atoms with Crippen molar-refractivity contribution in [3.8, 4) is 6.07 Å². The van der Waals surface area contributed by atoms with Gasteiger partial charge >= 0.3 is 0 Å². The highest BCUT2D eigenvalue weighted by molar-refractivity contribution is 6.36. The summed E-state index contributed by atoms with van der Waals surface area (Å²) in [5, 5.41) is 20.2. The maximum atomic E-state index is 13.9. The molecule has 0 saturated heterocycles. The molecule has 1 fully saturated rings. The molecule has 0 spiro atoms. The lowest BCUT2D eigenvalue weighted by atomic mass is 9.69. The second kappa shape index (κ2) is 10.7. The van der Waals surface area contributed by atoms with E-state index in [0.29, 0.717) is 40.8 Å². The summed E-state index contributed by atoms with van der Waals surface area (Å²) < 4.78 is 13.9. The van der Waals surface area contributed by atoms with Gasteiger partial charge in [-0.2, -0.15) is 5.26 Å². The van der Waals surface area contributed by atoms with E-state index in [1.165, 1.54) is 12.1 Å². The van der Waals surface area contributed by atoms with Crippen LogP contribution in [0.4, 0.5) is 15.8 Å². The van der Waals surface area contributed by atoms with E-state index in [-0.39, 0.29) is 5.82 Å². The van der Waals surface area contributed by atoms with Crippen molar-refractivity contribution in [3.05, 3.63) is 107 Å². The average molecular weight is 553 g/mol. The Hall–Kier alpha value is -4.33. The number of fused-ring (bicyclic) bond motifs is 1. The molecule has 1 saturated carbocycles. The van der Waals surface area contributed by atoms with Crippen LogP contribution in [-0.2, 0) is 11.9 Å². The fourth-order valence-electron chi connectivity index (χ4n) is 4.97. The lowest BCUT2D eigenvalue weighted by molar-refractivity contribution is 0.260. The molecular weight excluding hydrogens is 526 g/mol. The van der Waals surface area contributed by atoms with Crippen molar-refractivity contribution < 1.29 is 4.39 Å². The first kappa shape index (κ1) is 25.9. The van der Waals surface area contributed by atoms with E-state index in [0.717, 1.165) is 40.9 Å². The molecule has 40 heavy (non-hydrogen) atoms. The van der Waals surface area contributed by atoms with Gasteiger partial charge in [-0.3, -0.25) is 15.0 Å². The lowest BCUT2D eigenvalue weighted by Gasteiger charge is -2.34. The summed E-state index contributed by atoms with van der Waals surface area (Å²) in [5.41, 5.74) is 10.9. The number of anilines is 2. The molecule has 4 N–H and O–H groups in total. The Labute approximate surface area is 237 Å². The number of hydrogen-bond acceptors (Lipinski definition) is 8. The summed E-state index contributed by atoms with van der Waals surface area (Å²) in [5.74, 6) is -0.303. The molecule has 0 amide bonds. The Balaban J connectivity index is 1.38. The molecule has 8 nitrogen and oxygen atoms in total. The van der Waals surface area contributed by atoms with Crippen LogP contribution in [-0.4, -0.2) is 35.4 Å². The minimum absolute atomic E-state index is 0.303. The van der Waals surface area contributed by atoms with Gasteiger partial charge in [0.25, 0.3) is 0 Å². The fourth-order valence-corrected chi connectivity index (χ4v) is 5.24. The molecule has 0 bridgehead atoms. The molecule has 2 aromatic heterocycles. The number of rotatable bonds is 9. The van der Waals surface area contributed by atoms with Gasteiger partial charge in [0.1, 0.15) is 19.7 Å². The predicted molar refractivity (Wildman–Crippen MR) is 157 cm³/mol. The maximum Gasteiger partial charge on any atom is 0.148 e. The number of aromatic nitrogens is 2. The molecule has 1 aliphatic heterocycles. The fraction of sp³-hybridized carbons (Fsp3) is 0.207. The van der Waals surface area contributed by atoms with Crippen LogP contribution >= 0.6 is 11.6 Å². The van der Waals surface area contributed by atoms with Crippen molar-refractivity contribution in [2.45, 2.75) is 30.7 Å². The average Bonchev–Trinajstić information content (AvgIpc) is 3.69. The van der Waals surface area contributed by atoms with Crippen LogP contribution in [0.3, 0.4) is 0 Å². The Bertz CT molecular complexity index is 1620. The van der Waals surface area contributed by atoms with Gasteiger partial charge in [-0.25, -0.2) is 4.39 Å². The second-order valence-electron chi connectivity index (χ2n) is 10.2. The number of halogens is 2. The highest BCUT2D eigenvalue weighted by atomic mass is 35.5. The van der Waals surface area contributed by atoms with E-state index in [9.17, 15) is 9.65 Å². The third-order valence-corrected chi connectivity index (χ3v) is 7.63. The Morgan fingerprint density at radius 2 is 2.00 bits per heavy atom. The largest absolute Gasteiger partial charge is 0.383 e. The van der Waals surface area contributed by atoms with Gasteiger partial charge in [0, 0.05) is 54.4 Å². The number of nitrogens with one attached hydrogen (secondary N) is 4. The number of nitriles is 1. The van der Waals surface area contributed by atoms with Crippen LogP contribution in [0.15, 0.2) is 78.9 Å².